The number of nitrogens with one attached hydrogen (secondary N) is 1. The second-order valence-electron chi connectivity index (χ2n) is 6.17. The van der Waals surface area contributed by atoms with E-state index in [1.807, 2.05) is 40.8 Å². The number of rotatable bonds is 6. The number of unbranched alkanes of at least 4 members (excludes halogenated alkanes) is 1. The summed E-state index contributed by atoms with van der Waals surface area (Å²) < 4.78 is 7.12. The molecule has 0 saturated carbocycles. The molecule has 0 aliphatic carbocycles. The van der Waals surface area contributed by atoms with Crippen LogP contribution >= 0.6 is 0 Å². The predicted octanol–water partition coefficient (Wildman–Crippen LogP) is 3.98. The van der Waals surface area contributed by atoms with E-state index in [9.17, 15) is 4.79 Å². The SMILES string of the molecule is CCCCOC(=O)c1ccc(Nc2nc3ccccc3n3cnnc23)cc1. The summed E-state index contributed by atoms with van der Waals surface area (Å²) in [5.74, 6) is 0.295. The minimum atomic E-state index is -0.307. The van der Waals surface area contributed by atoms with E-state index < -0.39 is 0 Å². The lowest BCUT2D eigenvalue weighted by Crippen LogP contribution is -2.06. The summed E-state index contributed by atoms with van der Waals surface area (Å²) >= 11 is 0. The Hall–Kier alpha value is -3.48. The van der Waals surface area contributed by atoms with Gasteiger partial charge in [0.15, 0.2) is 5.82 Å². The molecule has 0 amide bonds. The van der Waals surface area contributed by atoms with Gasteiger partial charge in [-0.05, 0) is 42.8 Å². The van der Waals surface area contributed by atoms with Gasteiger partial charge >= 0.3 is 5.97 Å². The summed E-state index contributed by atoms with van der Waals surface area (Å²) in [5, 5.41) is 11.4. The molecule has 0 unspecified atom stereocenters. The first-order chi connectivity index (χ1) is 13.3. The van der Waals surface area contributed by atoms with E-state index in [1.165, 1.54) is 0 Å². The Bertz CT molecular complexity index is 1090. The van der Waals surface area contributed by atoms with Gasteiger partial charge in [0.25, 0.3) is 0 Å². The number of aromatic nitrogens is 4. The normalized spacial score (nSPS) is 11.0. The lowest BCUT2D eigenvalue weighted by atomic mass is 10.2. The van der Waals surface area contributed by atoms with E-state index in [1.54, 1.807) is 18.5 Å². The molecule has 1 N–H and O–H groups in total. The lowest BCUT2D eigenvalue weighted by Gasteiger charge is -2.09. The van der Waals surface area contributed by atoms with Crippen molar-refractivity contribution in [3.05, 3.63) is 60.4 Å². The second kappa shape index (κ2) is 7.41. The van der Waals surface area contributed by atoms with Crippen molar-refractivity contribution in [2.24, 2.45) is 0 Å². The number of fused-ring (bicyclic) bond motifs is 3. The molecule has 0 radical (unpaired) electrons. The number of hydrogen-bond acceptors (Lipinski definition) is 6. The van der Waals surface area contributed by atoms with Crippen molar-refractivity contribution in [2.75, 3.05) is 11.9 Å². The predicted molar refractivity (Wildman–Crippen MR) is 103 cm³/mol. The number of ether oxygens (including phenoxy) is 1. The topological polar surface area (TPSA) is 81.4 Å². The fraction of sp³-hybridized carbons (Fsp3) is 0.200. The Morgan fingerprint density at radius 2 is 1.96 bits per heavy atom. The smallest absolute Gasteiger partial charge is 0.338 e. The lowest BCUT2D eigenvalue weighted by molar-refractivity contribution is 0.0500. The van der Waals surface area contributed by atoms with Crippen molar-refractivity contribution in [1.82, 2.24) is 19.6 Å². The second-order valence-corrected chi connectivity index (χ2v) is 6.17. The van der Waals surface area contributed by atoms with Crippen molar-refractivity contribution in [3.8, 4) is 0 Å². The van der Waals surface area contributed by atoms with Gasteiger partial charge in [-0.15, -0.1) is 10.2 Å². The van der Waals surface area contributed by atoms with Crippen LogP contribution in [0, 0.1) is 0 Å². The highest BCUT2D eigenvalue weighted by Crippen LogP contribution is 2.23. The maximum atomic E-state index is 12.0. The Labute approximate surface area is 156 Å². The summed E-state index contributed by atoms with van der Waals surface area (Å²) in [7, 11) is 0. The molecule has 4 aromatic rings. The summed E-state index contributed by atoms with van der Waals surface area (Å²) in [5.41, 5.74) is 3.73. The zero-order valence-corrected chi connectivity index (χ0v) is 14.9. The van der Waals surface area contributed by atoms with Crippen LogP contribution in [0.3, 0.4) is 0 Å². The van der Waals surface area contributed by atoms with Crippen LogP contribution in [0.25, 0.3) is 16.7 Å². The van der Waals surface area contributed by atoms with Crippen molar-refractivity contribution in [2.45, 2.75) is 19.8 Å². The average Bonchev–Trinajstić information content (AvgIpc) is 3.19. The molecule has 0 atom stereocenters. The third-order valence-corrected chi connectivity index (χ3v) is 4.25. The van der Waals surface area contributed by atoms with Gasteiger partial charge in [0.1, 0.15) is 6.33 Å². The zero-order valence-electron chi connectivity index (χ0n) is 14.9. The van der Waals surface area contributed by atoms with Crippen LogP contribution in [0.2, 0.25) is 0 Å². The van der Waals surface area contributed by atoms with Gasteiger partial charge in [0.2, 0.25) is 5.65 Å². The van der Waals surface area contributed by atoms with Crippen LogP contribution < -0.4 is 5.32 Å². The molecule has 0 fully saturated rings. The van der Waals surface area contributed by atoms with Crippen LogP contribution in [0.15, 0.2) is 54.9 Å². The molecule has 0 aliphatic heterocycles. The van der Waals surface area contributed by atoms with Crippen LogP contribution in [0.4, 0.5) is 11.5 Å². The fourth-order valence-corrected chi connectivity index (χ4v) is 2.81. The van der Waals surface area contributed by atoms with E-state index in [2.05, 4.69) is 27.4 Å². The minimum Gasteiger partial charge on any atom is -0.462 e. The number of benzene rings is 2. The first-order valence-corrected chi connectivity index (χ1v) is 8.89. The summed E-state index contributed by atoms with van der Waals surface area (Å²) in [6.07, 6.45) is 3.53. The number of para-hydroxylation sites is 2. The van der Waals surface area contributed by atoms with Crippen molar-refractivity contribution >= 4 is 34.2 Å². The maximum Gasteiger partial charge on any atom is 0.338 e. The summed E-state index contributed by atoms with van der Waals surface area (Å²) in [4.78, 5) is 16.7. The van der Waals surface area contributed by atoms with E-state index in [-0.39, 0.29) is 5.97 Å². The Kier molecular flexibility index (Phi) is 4.65. The molecule has 136 valence electrons. The molecular formula is C20H19N5O2. The van der Waals surface area contributed by atoms with Crippen molar-refractivity contribution in [1.29, 1.82) is 0 Å². The highest BCUT2D eigenvalue weighted by molar-refractivity contribution is 5.90. The maximum absolute atomic E-state index is 12.0. The Morgan fingerprint density at radius 3 is 2.78 bits per heavy atom. The van der Waals surface area contributed by atoms with E-state index in [0.29, 0.717) is 23.6 Å². The molecular weight excluding hydrogens is 342 g/mol. The first kappa shape index (κ1) is 17.0. The molecule has 7 nitrogen and oxygen atoms in total. The summed E-state index contributed by atoms with van der Waals surface area (Å²) in [6.45, 7) is 2.50. The molecule has 7 heteroatoms. The van der Waals surface area contributed by atoms with Gasteiger partial charge in [0, 0.05) is 5.69 Å². The monoisotopic (exact) mass is 361 g/mol. The van der Waals surface area contributed by atoms with Gasteiger partial charge in [-0.3, -0.25) is 4.40 Å². The van der Waals surface area contributed by atoms with Crippen molar-refractivity contribution in [3.63, 3.8) is 0 Å². The Balaban J connectivity index is 1.58. The standard InChI is InChI=1S/C20H19N5O2/c1-2-3-12-27-20(26)14-8-10-15(11-9-14)22-18-19-24-21-13-25(19)17-7-5-4-6-16(17)23-18/h4-11,13H,2-3,12H2,1H3,(H,22,23). The van der Waals surface area contributed by atoms with Gasteiger partial charge in [-0.2, -0.15) is 0 Å². The Morgan fingerprint density at radius 1 is 1.15 bits per heavy atom. The quantitative estimate of drug-likeness (QED) is 0.413. The zero-order chi connectivity index (χ0) is 18.6. The molecule has 2 heterocycles. The number of hydrogen-bond donors (Lipinski definition) is 1. The molecule has 2 aromatic heterocycles. The highest BCUT2D eigenvalue weighted by atomic mass is 16.5. The molecule has 27 heavy (non-hydrogen) atoms. The number of carbonyl (C=O) groups excluding carboxylic acids is 1. The van der Waals surface area contributed by atoms with Crippen LogP contribution in [-0.2, 0) is 4.74 Å². The van der Waals surface area contributed by atoms with Crippen molar-refractivity contribution < 1.29 is 9.53 Å². The van der Waals surface area contributed by atoms with Gasteiger partial charge in [-0.1, -0.05) is 25.5 Å². The van der Waals surface area contributed by atoms with Crippen LogP contribution in [0.5, 0.6) is 0 Å². The number of anilines is 2. The van der Waals surface area contributed by atoms with Gasteiger partial charge < -0.3 is 10.1 Å². The number of esters is 1. The molecule has 0 saturated heterocycles. The van der Waals surface area contributed by atoms with Gasteiger partial charge in [-0.25, -0.2) is 9.78 Å². The van der Waals surface area contributed by atoms with E-state index in [4.69, 9.17) is 4.74 Å². The highest BCUT2D eigenvalue weighted by Gasteiger charge is 2.11. The number of carbonyl (C=O) groups is 1. The third kappa shape index (κ3) is 3.44. The molecule has 2 aromatic carbocycles. The molecule has 0 spiro atoms. The van der Waals surface area contributed by atoms with Crippen LogP contribution in [0.1, 0.15) is 30.1 Å². The minimum absolute atomic E-state index is 0.307. The first-order valence-electron chi connectivity index (χ1n) is 8.89. The number of nitrogens with zero attached hydrogens (tertiary/aromatic N) is 4. The molecule has 0 aliphatic rings. The average molecular weight is 361 g/mol. The fourth-order valence-electron chi connectivity index (χ4n) is 2.81. The third-order valence-electron chi connectivity index (χ3n) is 4.25. The van der Waals surface area contributed by atoms with Gasteiger partial charge in [0.05, 0.1) is 23.2 Å². The largest absolute Gasteiger partial charge is 0.462 e. The van der Waals surface area contributed by atoms with Crippen LogP contribution in [-0.4, -0.2) is 32.2 Å². The van der Waals surface area contributed by atoms with E-state index >= 15 is 0 Å². The summed E-state index contributed by atoms with van der Waals surface area (Å²) in [6, 6.07) is 14.9. The molecule has 0 bridgehead atoms. The van der Waals surface area contributed by atoms with E-state index in [0.717, 1.165) is 29.6 Å². The molecule has 4 rings (SSSR count).